The number of nitrogens with zero attached hydrogens (tertiary/aromatic N) is 4. The fourth-order valence-electron chi connectivity index (χ4n) is 4.95. The summed E-state index contributed by atoms with van der Waals surface area (Å²) in [5.41, 5.74) is 4.00. The summed E-state index contributed by atoms with van der Waals surface area (Å²) >= 11 is 0. The van der Waals surface area contributed by atoms with Crippen LogP contribution in [-0.4, -0.2) is 61.7 Å². The molecule has 0 spiro atoms. The zero-order chi connectivity index (χ0) is 23.5. The van der Waals surface area contributed by atoms with Gasteiger partial charge in [0.1, 0.15) is 5.82 Å². The normalized spacial score (nSPS) is 17.9. The molecule has 0 aliphatic carbocycles. The summed E-state index contributed by atoms with van der Waals surface area (Å²) in [4.78, 5) is 7.58. The third kappa shape index (κ3) is 4.52. The molecule has 8 nitrogen and oxygen atoms in total. The van der Waals surface area contributed by atoms with Crippen LogP contribution in [0.5, 0.6) is 0 Å². The molecule has 0 atom stereocenters. The maximum atomic E-state index is 13.1. The van der Waals surface area contributed by atoms with Crippen molar-refractivity contribution in [3.63, 3.8) is 0 Å². The second-order valence-electron chi connectivity index (χ2n) is 8.86. The average molecular weight is 484 g/mol. The van der Waals surface area contributed by atoms with E-state index in [-0.39, 0.29) is 4.90 Å². The van der Waals surface area contributed by atoms with Crippen LogP contribution < -0.4 is 10.2 Å². The van der Waals surface area contributed by atoms with Crippen molar-refractivity contribution in [3.05, 3.63) is 48.3 Å². The van der Waals surface area contributed by atoms with Crippen LogP contribution in [-0.2, 0) is 27.8 Å². The molecule has 34 heavy (non-hydrogen) atoms. The molecule has 3 heterocycles. The van der Waals surface area contributed by atoms with Crippen molar-refractivity contribution in [1.29, 1.82) is 0 Å². The van der Waals surface area contributed by atoms with E-state index in [1.54, 1.807) is 12.1 Å². The van der Waals surface area contributed by atoms with E-state index in [4.69, 9.17) is 9.72 Å². The van der Waals surface area contributed by atoms with Gasteiger partial charge in [-0.1, -0.05) is 12.1 Å². The van der Waals surface area contributed by atoms with Gasteiger partial charge in [-0.2, -0.15) is 4.31 Å². The van der Waals surface area contributed by atoms with Crippen LogP contribution in [0.25, 0.3) is 11.0 Å². The Morgan fingerprint density at radius 1 is 1.00 bits per heavy atom. The number of hydrogen-bond donors (Lipinski definition) is 1. The van der Waals surface area contributed by atoms with Crippen LogP contribution in [0.1, 0.15) is 32.0 Å². The number of ether oxygens (including phenoxy) is 1. The van der Waals surface area contributed by atoms with Gasteiger partial charge in [0.25, 0.3) is 0 Å². The van der Waals surface area contributed by atoms with Gasteiger partial charge in [-0.25, -0.2) is 13.4 Å². The first-order valence-electron chi connectivity index (χ1n) is 12.2. The van der Waals surface area contributed by atoms with Crippen molar-refractivity contribution >= 4 is 32.4 Å². The molecule has 1 aromatic heterocycles. The van der Waals surface area contributed by atoms with Crippen molar-refractivity contribution in [3.8, 4) is 0 Å². The van der Waals surface area contributed by atoms with Gasteiger partial charge in [0.05, 0.1) is 47.1 Å². The van der Waals surface area contributed by atoms with E-state index in [0.717, 1.165) is 36.7 Å². The molecule has 9 heteroatoms. The predicted molar refractivity (Wildman–Crippen MR) is 135 cm³/mol. The number of rotatable bonds is 7. The molecule has 2 fully saturated rings. The number of anilines is 2. The van der Waals surface area contributed by atoms with E-state index < -0.39 is 10.0 Å². The van der Waals surface area contributed by atoms with Crippen LogP contribution in [0.15, 0.2) is 47.4 Å². The number of nitrogens with one attached hydrogen (secondary N) is 1. The number of fused-ring (bicyclic) bond motifs is 1. The van der Waals surface area contributed by atoms with Crippen molar-refractivity contribution < 1.29 is 13.2 Å². The molecule has 2 saturated heterocycles. The lowest BCUT2D eigenvalue weighted by Crippen LogP contribution is -2.40. The van der Waals surface area contributed by atoms with Gasteiger partial charge in [-0.3, -0.25) is 0 Å². The third-order valence-corrected chi connectivity index (χ3v) is 8.66. The number of imidazole rings is 1. The number of aromatic nitrogens is 2. The monoisotopic (exact) mass is 483 g/mol. The first-order chi connectivity index (χ1) is 16.6. The van der Waals surface area contributed by atoms with Crippen molar-refractivity contribution in [2.75, 3.05) is 49.6 Å². The van der Waals surface area contributed by atoms with E-state index in [1.165, 1.54) is 29.3 Å². The van der Waals surface area contributed by atoms with Gasteiger partial charge in [0, 0.05) is 32.7 Å². The fourth-order valence-corrected chi connectivity index (χ4v) is 6.38. The zero-order valence-corrected chi connectivity index (χ0v) is 20.6. The van der Waals surface area contributed by atoms with Crippen LogP contribution in [0.4, 0.5) is 11.4 Å². The van der Waals surface area contributed by atoms with Gasteiger partial charge in [0.2, 0.25) is 10.0 Å². The Kier molecular flexibility index (Phi) is 6.76. The summed E-state index contributed by atoms with van der Waals surface area (Å²) in [6.07, 6.45) is 3.77. The molecule has 0 saturated carbocycles. The van der Waals surface area contributed by atoms with Gasteiger partial charge < -0.3 is 19.5 Å². The standard InChI is InChI=1S/C25H33N5O3S/c1-2-30-24-11-10-20(34(31,32)29-14-16-33-17-15-29)18-22(24)27-25(30)19-26-21-8-4-5-9-23(21)28-12-6-3-7-13-28/h4-5,8-11,18,26H,2-3,6-7,12-17,19H2,1H3. The zero-order valence-electron chi connectivity index (χ0n) is 19.7. The quantitative estimate of drug-likeness (QED) is 0.552. The lowest BCUT2D eigenvalue weighted by Gasteiger charge is -2.30. The molecule has 182 valence electrons. The Labute approximate surface area is 201 Å². The molecule has 0 unspecified atom stereocenters. The van der Waals surface area contributed by atoms with E-state index >= 15 is 0 Å². The van der Waals surface area contributed by atoms with Gasteiger partial charge >= 0.3 is 0 Å². The minimum Gasteiger partial charge on any atom is -0.379 e. The van der Waals surface area contributed by atoms with E-state index in [9.17, 15) is 8.42 Å². The second kappa shape index (κ2) is 9.93. The lowest BCUT2D eigenvalue weighted by molar-refractivity contribution is 0.0730. The smallest absolute Gasteiger partial charge is 0.243 e. The molecule has 0 radical (unpaired) electrons. The van der Waals surface area contributed by atoms with Crippen LogP contribution in [0, 0.1) is 0 Å². The van der Waals surface area contributed by atoms with Crippen LogP contribution >= 0.6 is 0 Å². The maximum absolute atomic E-state index is 13.1. The third-order valence-electron chi connectivity index (χ3n) is 6.76. The lowest BCUT2D eigenvalue weighted by atomic mass is 10.1. The summed E-state index contributed by atoms with van der Waals surface area (Å²) in [5.74, 6) is 0.895. The Morgan fingerprint density at radius 3 is 2.53 bits per heavy atom. The van der Waals surface area contributed by atoms with Crippen molar-refractivity contribution in [1.82, 2.24) is 13.9 Å². The van der Waals surface area contributed by atoms with Crippen LogP contribution in [0.3, 0.4) is 0 Å². The summed E-state index contributed by atoms with van der Waals surface area (Å²) in [7, 11) is -3.55. The minimum atomic E-state index is -3.55. The summed E-state index contributed by atoms with van der Waals surface area (Å²) in [6, 6.07) is 13.7. The Bertz CT molecular complexity index is 1240. The summed E-state index contributed by atoms with van der Waals surface area (Å²) < 4.78 is 35.2. The highest BCUT2D eigenvalue weighted by Crippen LogP contribution is 2.29. The molecular formula is C25H33N5O3S. The number of benzene rings is 2. The number of morpholine rings is 1. The number of sulfonamides is 1. The van der Waals surface area contributed by atoms with Crippen molar-refractivity contribution in [2.45, 2.75) is 44.2 Å². The van der Waals surface area contributed by atoms with Gasteiger partial charge in [0.15, 0.2) is 0 Å². The highest BCUT2D eigenvalue weighted by atomic mass is 32.2. The fraction of sp³-hybridized carbons (Fsp3) is 0.480. The molecule has 0 amide bonds. The predicted octanol–water partition coefficient (Wildman–Crippen LogP) is 3.68. The first kappa shape index (κ1) is 23.1. The minimum absolute atomic E-state index is 0.289. The van der Waals surface area contributed by atoms with Crippen LogP contribution in [0.2, 0.25) is 0 Å². The van der Waals surface area contributed by atoms with Gasteiger partial charge in [-0.05, 0) is 56.5 Å². The average Bonchev–Trinajstić information content (AvgIpc) is 3.25. The SMILES string of the molecule is CCn1c(CNc2ccccc2N2CCCCC2)nc2cc(S(=O)(=O)N3CCOCC3)ccc21. The summed E-state index contributed by atoms with van der Waals surface area (Å²) in [5, 5.41) is 3.59. The molecular weight excluding hydrogens is 450 g/mol. The Morgan fingerprint density at radius 2 is 1.76 bits per heavy atom. The topological polar surface area (TPSA) is 79.7 Å². The molecule has 0 bridgehead atoms. The molecule has 2 aliphatic heterocycles. The Hall–Kier alpha value is -2.62. The summed E-state index contributed by atoms with van der Waals surface area (Å²) in [6.45, 7) is 7.23. The maximum Gasteiger partial charge on any atom is 0.243 e. The second-order valence-corrected chi connectivity index (χ2v) is 10.8. The molecule has 2 aliphatic rings. The number of hydrogen-bond acceptors (Lipinski definition) is 6. The molecule has 2 aromatic carbocycles. The Balaban J connectivity index is 1.40. The van der Waals surface area contributed by atoms with Crippen molar-refractivity contribution in [2.24, 2.45) is 0 Å². The number of aryl methyl sites for hydroxylation is 1. The first-order valence-corrected chi connectivity index (χ1v) is 13.7. The molecule has 5 rings (SSSR count). The highest BCUT2D eigenvalue weighted by molar-refractivity contribution is 7.89. The van der Waals surface area contributed by atoms with Gasteiger partial charge in [-0.15, -0.1) is 0 Å². The number of piperidine rings is 1. The highest BCUT2D eigenvalue weighted by Gasteiger charge is 2.27. The number of para-hydroxylation sites is 2. The van der Waals surface area contributed by atoms with E-state index in [2.05, 4.69) is 46.0 Å². The van der Waals surface area contributed by atoms with E-state index in [0.29, 0.717) is 38.4 Å². The largest absolute Gasteiger partial charge is 0.379 e. The molecule has 3 aromatic rings. The van der Waals surface area contributed by atoms with E-state index in [1.807, 2.05) is 6.07 Å². The molecule has 1 N–H and O–H groups in total.